The van der Waals surface area contributed by atoms with Crippen LogP contribution in [0.1, 0.15) is 153 Å². The van der Waals surface area contributed by atoms with Crippen LogP contribution in [0.15, 0.2) is 95.5 Å². The fraction of sp³-hybridized carbons (Fsp3) is 0.460. The van der Waals surface area contributed by atoms with Gasteiger partial charge in [0.15, 0.2) is 0 Å². The number of aliphatic imine (C=N–C) groups is 1. The second-order valence-electron chi connectivity index (χ2n) is 14.5. The van der Waals surface area contributed by atoms with E-state index in [1.807, 2.05) is 0 Å². The minimum absolute atomic E-state index is 0.872. The van der Waals surface area contributed by atoms with E-state index in [0.717, 1.165) is 60.9 Å². The monoisotopic (exact) mass is 852 g/mol. The van der Waals surface area contributed by atoms with E-state index in [1.165, 1.54) is 122 Å². The molecule has 0 aliphatic heterocycles. The Labute approximate surface area is 347 Å². The van der Waals surface area contributed by atoms with E-state index in [-0.39, 0.29) is 0 Å². The molecule has 0 radical (unpaired) electrons. The minimum atomic E-state index is 0.872. The Morgan fingerprint density at radius 1 is 0.630 bits per heavy atom. The number of halogens is 2. The molecule has 0 fully saturated rings. The fourth-order valence-electron chi connectivity index (χ4n) is 7.53. The van der Waals surface area contributed by atoms with Crippen molar-refractivity contribution in [1.82, 2.24) is 0 Å². The molecule has 0 saturated carbocycles. The molecule has 4 aromatic carbocycles. The van der Waals surface area contributed by atoms with Crippen molar-refractivity contribution in [3.8, 4) is 22.3 Å². The third-order valence-electron chi connectivity index (χ3n) is 10.4. The van der Waals surface area contributed by atoms with Gasteiger partial charge in [-0.2, -0.15) is 0 Å². The molecule has 0 aromatic heterocycles. The van der Waals surface area contributed by atoms with E-state index in [9.17, 15) is 0 Å². The number of benzene rings is 4. The van der Waals surface area contributed by atoms with Crippen LogP contribution in [-0.4, -0.2) is 5.71 Å². The zero-order valence-corrected chi connectivity index (χ0v) is 37.5. The predicted molar refractivity (Wildman–Crippen MR) is 240 cm³/mol. The van der Waals surface area contributed by atoms with Crippen molar-refractivity contribution in [3.63, 3.8) is 0 Å². The van der Waals surface area contributed by atoms with Crippen molar-refractivity contribution in [2.24, 2.45) is 4.99 Å². The van der Waals surface area contributed by atoms with Crippen LogP contribution in [0, 0.1) is 6.08 Å². The second kappa shape index (κ2) is 27.2. The van der Waals surface area contributed by atoms with E-state index in [1.54, 1.807) is 5.56 Å². The Hall–Kier alpha value is -2.45. The molecule has 0 saturated heterocycles. The molecule has 1 nitrogen and oxygen atoms in total. The first-order chi connectivity index (χ1) is 26.4. The number of hydrogen-bond acceptors (Lipinski definition) is 1. The standard InChI is InChI=1S/C50H66N.BrH.ClH.Ni/c1-7-12-15-17-18-22-31-44-35-40(36-48(47(44)33-14-9-3)42-27-23-19-24-28-42)34-39(6)49(11-5)51-46-37-41(10-4)50(43-29-25-20-26-30-43)45(38-46)32-21-16-13-8-2;;;/h19-20,23-30,35-38H,7-18,21-22,31-33H2,1-6H3;2*1H;/q-1;;;+3/p-2. The van der Waals surface area contributed by atoms with Crippen molar-refractivity contribution >= 4 is 35.8 Å². The van der Waals surface area contributed by atoms with Gasteiger partial charge in [-0.1, -0.05) is 183 Å². The van der Waals surface area contributed by atoms with Crippen LogP contribution in [0.4, 0.5) is 5.69 Å². The Balaban J connectivity index is 0.00000253. The average molecular weight is 855 g/mol. The SMILES string of the molecule is CCCCCCCCc1cc([C-]=C(C)C(CC)=Nc2cc(CC)c(-c3ccccc3)c(CCCCCC)c2)cc(-c2ccccc2)c1CCCC.[Cl][Ni+][Br]. The summed E-state index contributed by atoms with van der Waals surface area (Å²) in [7, 11) is 4.85. The molecule has 4 heteroatoms. The Morgan fingerprint density at radius 3 is 1.76 bits per heavy atom. The Morgan fingerprint density at radius 2 is 1.17 bits per heavy atom. The van der Waals surface area contributed by atoms with Crippen molar-refractivity contribution in [2.45, 2.75) is 151 Å². The molecule has 4 aromatic rings. The predicted octanol–water partition coefficient (Wildman–Crippen LogP) is 16.8. The van der Waals surface area contributed by atoms with Gasteiger partial charge in [0.05, 0.1) is 5.69 Å². The summed E-state index contributed by atoms with van der Waals surface area (Å²) in [4.78, 5) is 5.38. The van der Waals surface area contributed by atoms with E-state index in [4.69, 9.17) is 15.2 Å². The quantitative estimate of drug-likeness (QED) is 0.0323. The molecular weight excluding hydrogens is 789 g/mol. The van der Waals surface area contributed by atoms with E-state index in [2.05, 4.69) is 147 Å². The number of allylic oxidation sites excluding steroid dienone is 1. The molecule has 0 aliphatic rings. The van der Waals surface area contributed by atoms with Crippen LogP contribution in [0.5, 0.6) is 0 Å². The van der Waals surface area contributed by atoms with Gasteiger partial charge in [-0.25, -0.2) is 0 Å². The van der Waals surface area contributed by atoms with Gasteiger partial charge in [-0.05, 0) is 90.6 Å². The van der Waals surface area contributed by atoms with Crippen molar-refractivity contribution in [1.29, 1.82) is 0 Å². The van der Waals surface area contributed by atoms with Gasteiger partial charge in [-0.3, -0.25) is 0 Å². The normalized spacial score (nSPS) is 11.9. The van der Waals surface area contributed by atoms with Gasteiger partial charge in [0.2, 0.25) is 0 Å². The zero-order valence-electron chi connectivity index (χ0n) is 34.1. The number of rotatable bonds is 22. The summed E-state index contributed by atoms with van der Waals surface area (Å²) in [6.07, 6.45) is 24.5. The van der Waals surface area contributed by atoms with Gasteiger partial charge < -0.3 is 4.99 Å². The molecule has 295 valence electrons. The summed E-state index contributed by atoms with van der Waals surface area (Å²) in [6, 6.07) is 31.6. The molecule has 0 heterocycles. The van der Waals surface area contributed by atoms with Crippen LogP contribution >= 0.6 is 24.4 Å². The first-order valence-corrected chi connectivity index (χ1v) is 24.7. The molecule has 0 atom stereocenters. The Kier molecular flexibility index (Phi) is 23.1. The molecule has 0 spiro atoms. The van der Waals surface area contributed by atoms with E-state index in [0.29, 0.717) is 0 Å². The maximum atomic E-state index is 5.38. The second-order valence-corrected chi connectivity index (χ2v) is 17.4. The van der Waals surface area contributed by atoms with E-state index < -0.39 is 0 Å². The van der Waals surface area contributed by atoms with Crippen molar-refractivity contribution < 1.29 is 11.8 Å². The maximum absolute atomic E-state index is 5.38. The summed E-state index contributed by atoms with van der Waals surface area (Å²) in [5.74, 6) is 0. The van der Waals surface area contributed by atoms with Crippen LogP contribution in [0.2, 0.25) is 0 Å². The average Bonchev–Trinajstić information content (AvgIpc) is 3.20. The molecule has 54 heavy (non-hydrogen) atoms. The van der Waals surface area contributed by atoms with Crippen LogP contribution in [0.25, 0.3) is 22.3 Å². The summed E-state index contributed by atoms with van der Waals surface area (Å²) in [5.41, 5.74) is 15.8. The number of hydrogen-bond donors (Lipinski definition) is 0. The Bertz CT molecular complexity index is 1700. The molecule has 0 unspecified atom stereocenters. The van der Waals surface area contributed by atoms with E-state index >= 15 is 0 Å². The molecule has 0 aliphatic carbocycles. The van der Waals surface area contributed by atoms with Crippen molar-refractivity contribution in [2.75, 3.05) is 0 Å². The molecule has 0 N–H and O–H groups in total. The third kappa shape index (κ3) is 15.2. The van der Waals surface area contributed by atoms with Crippen molar-refractivity contribution in [3.05, 3.63) is 124 Å². The first-order valence-electron chi connectivity index (χ1n) is 20.9. The van der Waals surface area contributed by atoms with Gasteiger partial charge in [-0.15, -0.1) is 29.3 Å². The van der Waals surface area contributed by atoms with Crippen LogP contribution in [0.3, 0.4) is 0 Å². The zero-order chi connectivity index (χ0) is 39.0. The van der Waals surface area contributed by atoms with Crippen LogP contribution in [-0.2, 0) is 37.5 Å². The van der Waals surface area contributed by atoms with Crippen LogP contribution < -0.4 is 0 Å². The fourth-order valence-corrected chi connectivity index (χ4v) is 7.53. The number of aryl methyl sites for hydroxylation is 3. The summed E-state index contributed by atoms with van der Waals surface area (Å²) >= 11 is 3.76. The first kappa shape index (κ1) is 45.9. The molecule has 0 bridgehead atoms. The molecule has 4 rings (SSSR count). The third-order valence-corrected chi connectivity index (χ3v) is 10.4. The van der Waals surface area contributed by atoms with Gasteiger partial charge in [0.1, 0.15) is 0 Å². The summed E-state index contributed by atoms with van der Waals surface area (Å²) in [5, 5.41) is 0. The van der Waals surface area contributed by atoms with Gasteiger partial charge >= 0.3 is 36.2 Å². The number of nitrogens with zero attached hydrogens (tertiary/aromatic N) is 1. The summed E-state index contributed by atoms with van der Waals surface area (Å²) < 4.78 is 0. The molecular formula is C50H66BrClNNi. The number of unbranched alkanes of at least 4 members (excludes halogenated alkanes) is 9. The van der Waals surface area contributed by atoms with Gasteiger partial charge in [0, 0.05) is 0 Å². The topological polar surface area (TPSA) is 12.4 Å². The summed E-state index contributed by atoms with van der Waals surface area (Å²) in [6.45, 7) is 13.6. The molecule has 0 amide bonds. The van der Waals surface area contributed by atoms with Gasteiger partial charge in [0.25, 0.3) is 0 Å².